The lowest BCUT2D eigenvalue weighted by molar-refractivity contribution is 0.169. The molecule has 3 heteroatoms. The van der Waals surface area contributed by atoms with Crippen LogP contribution in [0.2, 0.25) is 0 Å². The van der Waals surface area contributed by atoms with Gasteiger partial charge in [-0.15, -0.1) is 0 Å². The molecule has 0 aliphatic heterocycles. The number of rotatable bonds is 4. The number of hydrogen-bond donors (Lipinski definition) is 0. The molecule has 0 heterocycles. The van der Waals surface area contributed by atoms with Gasteiger partial charge in [0, 0.05) is 6.07 Å². The standard InChI is InChI=1S/C12H16F2O/c1-4-12(2,3)8-15-11-6-5-9(13)7-10(11)14/h5-7H,4,8H2,1-3H3. The first-order chi connectivity index (χ1) is 6.94. The number of halogens is 2. The zero-order chi connectivity index (χ0) is 11.5. The van der Waals surface area contributed by atoms with Crippen molar-refractivity contribution in [3.8, 4) is 5.75 Å². The fraction of sp³-hybridized carbons (Fsp3) is 0.500. The molecule has 0 bridgehead atoms. The van der Waals surface area contributed by atoms with E-state index in [0.29, 0.717) is 6.61 Å². The summed E-state index contributed by atoms with van der Waals surface area (Å²) in [5.74, 6) is -1.13. The molecule has 1 rings (SSSR count). The Bertz CT molecular complexity index is 334. The summed E-state index contributed by atoms with van der Waals surface area (Å²) in [7, 11) is 0. The third kappa shape index (κ3) is 3.50. The average Bonchev–Trinajstić information content (AvgIpc) is 2.16. The Hall–Kier alpha value is -1.12. The van der Waals surface area contributed by atoms with Gasteiger partial charge in [0.15, 0.2) is 11.6 Å². The van der Waals surface area contributed by atoms with Gasteiger partial charge in [-0.05, 0) is 24.0 Å². The highest BCUT2D eigenvalue weighted by molar-refractivity contribution is 5.24. The van der Waals surface area contributed by atoms with Gasteiger partial charge in [0.2, 0.25) is 0 Å². The Morgan fingerprint density at radius 2 is 1.93 bits per heavy atom. The fourth-order valence-corrected chi connectivity index (χ4v) is 0.967. The Morgan fingerprint density at radius 1 is 1.27 bits per heavy atom. The Labute approximate surface area is 89.1 Å². The molecule has 1 aromatic carbocycles. The van der Waals surface area contributed by atoms with Gasteiger partial charge in [0.25, 0.3) is 0 Å². The lowest BCUT2D eigenvalue weighted by atomic mass is 9.92. The maximum atomic E-state index is 13.2. The normalized spacial score (nSPS) is 11.5. The van der Waals surface area contributed by atoms with Crippen LogP contribution < -0.4 is 4.74 Å². The van der Waals surface area contributed by atoms with Gasteiger partial charge in [0.05, 0.1) is 6.61 Å². The zero-order valence-corrected chi connectivity index (χ0v) is 9.31. The molecular weight excluding hydrogens is 198 g/mol. The lowest BCUT2D eigenvalue weighted by Crippen LogP contribution is -2.20. The summed E-state index contributed by atoms with van der Waals surface area (Å²) < 4.78 is 31.1. The van der Waals surface area contributed by atoms with Gasteiger partial charge in [-0.2, -0.15) is 0 Å². The minimum absolute atomic E-state index is 0.000820. The molecule has 0 saturated carbocycles. The van der Waals surface area contributed by atoms with E-state index in [1.54, 1.807) is 0 Å². The molecule has 84 valence electrons. The van der Waals surface area contributed by atoms with Crippen LogP contribution in [0, 0.1) is 17.0 Å². The Morgan fingerprint density at radius 3 is 2.47 bits per heavy atom. The van der Waals surface area contributed by atoms with Crippen molar-refractivity contribution in [2.75, 3.05) is 6.61 Å². The molecule has 0 saturated heterocycles. The van der Waals surface area contributed by atoms with E-state index in [-0.39, 0.29) is 11.2 Å². The number of benzene rings is 1. The monoisotopic (exact) mass is 214 g/mol. The fourth-order valence-electron chi connectivity index (χ4n) is 0.967. The van der Waals surface area contributed by atoms with Gasteiger partial charge in [0.1, 0.15) is 5.82 Å². The van der Waals surface area contributed by atoms with E-state index in [9.17, 15) is 8.78 Å². The molecule has 0 aliphatic carbocycles. The van der Waals surface area contributed by atoms with Crippen LogP contribution in [0.25, 0.3) is 0 Å². The quantitative estimate of drug-likeness (QED) is 0.741. The van der Waals surface area contributed by atoms with Crippen molar-refractivity contribution < 1.29 is 13.5 Å². The molecule has 0 aliphatic rings. The third-order valence-electron chi connectivity index (χ3n) is 2.47. The minimum atomic E-state index is -0.651. The maximum absolute atomic E-state index is 13.2. The summed E-state index contributed by atoms with van der Waals surface area (Å²) in [5, 5.41) is 0. The first-order valence-electron chi connectivity index (χ1n) is 5.02. The Kier molecular flexibility index (Phi) is 3.66. The summed E-state index contributed by atoms with van der Waals surface area (Å²) in [6.45, 7) is 6.54. The number of ether oxygens (including phenoxy) is 1. The molecule has 0 unspecified atom stereocenters. The van der Waals surface area contributed by atoms with E-state index >= 15 is 0 Å². The predicted octanol–water partition coefficient (Wildman–Crippen LogP) is 3.78. The van der Waals surface area contributed by atoms with Crippen LogP contribution in [-0.2, 0) is 0 Å². The van der Waals surface area contributed by atoms with Crippen LogP contribution in [0.4, 0.5) is 8.78 Å². The summed E-state index contributed by atoms with van der Waals surface area (Å²) in [5.41, 5.74) is 0.000820. The smallest absolute Gasteiger partial charge is 0.167 e. The van der Waals surface area contributed by atoms with Crippen molar-refractivity contribution in [2.24, 2.45) is 5.41 Å². The Balaban J connectivity index is 2.66. The van der Waals surface area contributed by atoms with E-state index in [1.807, 2.05) is 20.8 Å². The molecule has 0 fully saturated rings. The van der Waals surface area contributed by atoms with Crippen LogP contribution in [0.15, 0.2) is 18.2 Å². The van der Waals surface area contributed by atoms with Gasteiger partial charge < -0.3 is 4.74 Å². The van der Waals surface area contributed by atoms with E-state index in [1.165, 1.54) is 12.1 Å². The van der Waals surface area contributed by atoms with E-state index in [0.717, 1.165) is 12.5 Å². The van der Waals surface area contributed by atoms with Crippen LogP contribution in [-0.4, -0.2) is 6.61 Å². The first kappa shape index (κ1) is 12.0. The second-order valence-corrected chi connectivity index (χ2v) is 4.38. The van der Waals surface area contributed by atoms with E-state index in [2.05, 4.69) is 0 Å². The van der Waals surface area contributed by atoms with Gasteiger partial charge >= 0.3 is 0 Å². The summed E-state index contributed by atoms with van der Waals surface area (Å²) in [6.07, 6.45) is 0.940. The molecule has 0 N–H and O–H groups in total. The van der Waals surface area contributed by atoms with Crippen molar-refractivity contribution in [3.63, 3.8) is 0 Å². The SMILES string of the molecule is CCC(C)(C)COc1ccc(F)cc1F. The zero-order valence-electron chi connectivity index (χ0n) is 9.31. The van der Waals surface area contributed by atoms with E-state index < -0.39 is 11.6 Å². The molecule has 0 radical (unpaired) electrons. The van der Waals surface area contributed by atoms with Gasteiger partial charge in [-0.3, -0.25) is 0 Å². The highest BCUT2D eigenvalue weighted by Crippen LogP contribution is 2.23. The molecule has 15 heavy (non-hydrogen) atoms. The highest BCUT2D eigenvalue weighted by atomic mass is 19.1. The molecule has 1 nitrogen and oxygen atoms in total. The predicted molar refractivity (Wildman–Crippen MR) is 55.9 cm³/mol. The maximum Gasteiger partial charge on any atom is 0.167 e. The minimum Gasteiger partial charge on any atom is -0.490 e. The summed E-state index contributed by atoms with van der Waals surface area (Å²) in [4.78, 5) is 0. The number of hydrogen-bond acceptors (Lipinski definition) is 1. The van der Waals surface area contributed by atoms with Crippen molar-refractivity contribution in [1.82, 2.24) is 0 Å². The molecule has 0 aromatic heterocycles. The van der Waals surface area contributed by atoms with Crippen molar-refractivity contribution >= 4 is 0 Å². The van der Waals surface area contributed by atoms with E-state index in [4.69, 9.17) is 4.74 Å². The topological polar surface area (TPSA) is 9.23 Å². The van der Waals surface area contributed by atoms with Crippen LogP contribution >= 0.6 is 0 Å². The van der Waals surface area contributed by atoms with Crippen LogP contribution in [0.3, 0.4) is 0 Å². The molecular formula is C12H16F2O. The highest BCUT2D eigenvalue weighted by Gasteiger charge is 2.17. The van der Waals surface area contributed by atoms with Crippen molar-refractivity contribution in [2.45, 2.75) is 27.2 Å². The van der Waals surface area contributed by atoms with Gasteiger partial charge in [-0.25, -0.2) is 8.78 Å². The summed E-state index contributed by atoms with van der Waals surface area (Å²) >= 11 is 0. The second-order valence-electron chi connectivity index (χ2n) is 4.38. The molecule has 0 spiro atoms. The first-order valence-corrected chi connectivity index (χ1v) is 5.02. The average molecular weight is 214 g/mol. The lowest BCUT2D eigenvalue weighted by Gasteiger charge is -2.22. The van der Waals surface area contributed by atoms with Gasteiger partial charge in [-0.1, -0.05) is 20.8 Å². The van der Waals surface area contributed by atoms with Crippen molar-refractivity contribution in [1.29, 1.82) is 0 Å². The van der Waals surface area contributed by atoms with Crippen LogP contribution in [0.5, 0.6) is 5.75 Å². The van der Waals surface area contributed by atoms with Crippen LogP contribution in [0.1, 0.15) is 27.2 Å². The molecule has 0 amide bonds. The molecule has 1 aromatic rings. The largest absolute Gasteiger partial charge is 0.490 e. The second kappa shape index (κ2) is 4.60. The van der Waals surface area contributed by atoms with Crippen molar-refractivity contribution in [3.05, 3.63) is 29.8 Å². The molecule has 0 atom stereocenters. The third-order valence-corrected chi connectivity index (χ3v) is 2.47. The summed E-state index contributed by atoms with van der Waals surface area (Å²) in [6, 6.07) is 3.34.